The molecule has 2 aromatic rings. The molecule has 1 aliphatic heterocycles. The molecule has 1 aliphatic rings. The molecule has 0 saturated carbocycles. The van der Waals surface area contributed by atoms with E-state index in [1.54, 1.807) is 12.1 Å². The zero-order valence-corrected chi connectivity index (χ0v) is 20.1. The quantitative estimate of drug-likeness (QED) is 0.574. The average Bonchev–Trinajstić information content (AvgIpc) is 3.05. The van der Waals surface area contributed by atoms with Gasteiger partial charge in [0.15, 0.2) is 0 Å². The van der Waals surface area contributed by atoms with Crippen LogP contribution in [0.5, 0.6) is 0 Å². The summed E-state index contributed by atoms with van der Waals surface area (Å²) in [6.45, 7) is 5.10. The number of rotatable bonds is 7. The van der Waals surface area contributed by atoms with Crippen molar-refractivity contribution in [3.05, 3.63) is 52.1 Å². The fraction of sp³-hybridized carbons (Fsp3) is 0.375. The van der Waals surface area contributed by atoms with Crippen molar-refractivity contribution in [2.75, 3.05) is 38.1 Å². The second-order valence-corrected chi connectivity index (χ2v) is 9.17. The number of primary amides is 2. The van der Waals surface area contributed by atoms with E-state index in [4.69, 9.17) is 16.5 Å². The molecule has 0 aliphatic carbocycles. The van der Waals surface area contributed by atoms with Crippen molar-refractivity contribution in [1.29, 1.82) is 10.5 Å². The third-order valence-corrected chi connectivity index (χ3v) is 7.09. The first-order valence-electron chi connectivity index (χ1n) is 11.0. The van der Waals surface area contributed by atoms with Crippen LogP contribution in [0, 0.1) is 22.7 Å². The molecule has 1 saturated heterocycles. The predicted molar refractivity (Wildman–Crippen MR) is 130 cm³/mol. The summed E-state index contributed by atoms with van der Waals surface area (Å²) in [5.41, 5.74) is 13.2. The number of hydrogen-bond acceptors (Lipinski definition) is 8. The van der Waals surface area contributed by atoms with Crippen molar-refractivity contribution in [2.24, 2.45) is 11.5 Å². The third-order valence-electron chi connectivity index (χ3n) is 5.83. The third kappa shape index (κ3) is 5.30. The lowest BCUT2D eigenvalue weighted by Gasteiger charge is -2.25. The SMILES string of the molecule is CCc1c(C#N)c(SC(C(N)=O)c2ccc(C(N)=O)cc2)nc(N2CCCN(C)CC2)c1C#N. The molecule has 0 radical (unpaired) electrons. The van der Waals surface area contributed by atoms with Crippen LogP contribution in [-0.4, -0.2) is 54.9 Å². The molecule has 1 aromatic heterocycles. The molecule has 2 heterocycles. The highest BCUT2D eigenvalue weighted by Gasteiger charge is 2.28. The van der Waals surface area contributed by atoms with E-state index in [2.05, 4.69) is 29.0 Å². The van der Waals surface area contributed by atoms with Gasteiger partial charge in [-0.2, -0.15) is 10.5 Å². The van der Waals surface area contributed by atoms with Gasteiger partial charge >= 0.3 is 0 Å². The van der Waals surface area contributed by atoms with Crippen molar-refractivity contribution in [2.45, 2.75) is 30.0 Å². The van der Waals surface area contributed by atoms with Gasteiger partial charge in [0.05, 0.1) is 11.1 Å². The van der Waals surface area contributed by atoms with Crippen LogP contribution in [0.4, 0.5) is 5.82 Å². The first kappa shape index (κ1) is 25.0. The maximum atomic E-state index is 12.4. The minimum absolute atomic E-state index is 0.278. The van der Waals surface area contributed by atoms with Gasteiger partial charge in [-0.3, -0.25) is 9.59 Å². The van der Waals surface area contributed by atoms with E-state index >= 15 is 0 Å². The minimum Gasteiger partial charge on any atom is -0.368 e. The number of pyridine rings is 1. The van der Waals surface area contributed by atoms with Gasteiger partial charge < -0.3 is 21.3 Å². The Balaban J connectivity index is 2.10. The molecule has 4 N–H and O–H groups in total. The molecule has 1 unspecified atom stereocenters. The molecule has 1 aromatic carbocycles. The van der Waals surface area contributed by atoms with Gasteiger partial charge in [-0.15, -0.1) is 0 Å². The van der Waals surface area contributed by atoms with E-state index in [9.17, 15) is 20.1 Å². The van der Waals surface area contributed by atoms with Crippen molar-refractivity contribution < 1.29 is 9.59 Å². The Hall–Kier alpha value is -3.60. The van der Waals surface area contributed by atoms with Crippen LogP contribution < -0.4 is 16.4 Å². The summed E-state index contributed by atoms with van der Waals surface area (Å²) in [6, 6.07) is 10.7. The fourth-order valence-electron chi connectivity index (χ4n) is 3.98. The topological polar surface area (TPSA) is 153 Å². The first-order valence-corrected chi connectivity index (χ1v) is 11.8. The molecule has 2 amide bonds. The normalized spacial score (nSPS) is 15.1. The maximum Gasteiger partial charge on any atom is 0.248 e. The summed E-state index contributed by atoms with van der Waals surface area (Å²) in [6.07, 6.45) is 1.39. The summed E-state index contributed by atoms with van der Waals surface area (Å²) in [5, 5.41) is 19.4. The number of nitrogens with zero attached hydrogens (tertiary/aromatic N) is 5. The van der Waals surface area contributed by atoms with E-state index in [-0.39, 0.29) is 5.56 Å². The van der Waals surface area contributed by atoms with Gasteiger partial charge in [0, 0.05) is 25.2 Å². The van der Waals surface area contributed by atoms with Crippen molar-refractivity contribution in [3.63, 3.8) is 0 Å². The number of carbonyl (C=O) groups excluding carboxylic acids is 2. The Kier molecular flexibility index (Phi) is 8.11. The molecule has 0 spiro atoms. The Morgan fingerprint density at radius 2 is 1.76 bits per heavy atom. The lowest BCUT2D eigenvalue weighted by molar-refractivity contribution is -0.117. The maximum absolute atomic E-state index is 12.4. The van der Waals surface area contributed by atoms with Gasteiger partial charge in [0.2, 0.25) is 11.8 Å². The van der Waals surface area contributed by atoms with Crippen LogP contribution in [0.2, 0.25) is 0 Å². The van der Waals surface area contributed by atoms with Crippen LogP contribution in [-0.2, 0) is 11.2 Å². The van der Waals surface area contributed by atoms with Gasteiger partial charge in [0.1, 0.15) is 28.2 Å². The number of thioether (sulfide) groups is 1. The van der Waals surface area contributed by atoms with Crippen molar-refractivity contribution in [1.82, 2.24) is 9.88 Å². The monoisotopic (exact) mass is 477 g/mol. The summed E-state index contributed by atoms with van der Waals surface area (Å²) in [4.78, 5) is 32.9. The zero-order valence-electron chi connectivity index (χ0n) is 19.2. The predicted octanol–water partition coefficient (Wildman–Crippen LogP) is 1.95. The van der Waals surface area contributed by atoms with E-state index in [1.807, 2.05) is 6.92 Å². The Labute approximate surface area is 203 Å². The molecule has 1 fully saturated rings. The van der Waals surface area contributed by atoms with Gasteiger partial charge in [-0.1, -0.05) is 30.8 Å². The summed E-state index contributed by atoms with van der Waals surface area (Å²) in [7, 11) is 2.06. The number of nitriles is 2. The zero-order chi connectivity index (χ0) is 24.8. The number of aromatic nitrogens is 1. The van der Waals surface area contributed by atoms with Crippen LogP contribution in [0.1, 0.15) is 51.2 Å². The highest BCUT2D eigenvalue weighted by atomic mass is 32.2. The standard InChI is InChI=1S/C24H27N7O2S/c1-3-17-18(13-25)23(31-10-4-9-30(2)11-12-31)29-24(19(17)14-26)34-20(22(28)33)15-5-7-16(8-6-15)21(27)32/h5-8,20H,3-4,9-12H2,1-2H3,(H2,27,32)(H2,28,33). The van der Waals surface area contributed by atoms with Crippen LogP contribution >= 0.6 is 11.8 Å². The van der Waals surface area contributed by atoms with Gasteiger partial charge in [-0.05, 0) is 49.7 Å². The second-order valence-electron chi connectivity index (χ2n) is 8.08. The molecule has 0 bridgehead atoms. The Bertz CT molecular complexity index is 1170. The van der Waals surface area contributed by atoms with E-state index in [1.165, 1.54) is 12.1 Å². The lowest BCUT2D eigenvalue weighted by atomic mass is 10.0. The largest absolute Gasteiger partial charge is 0.368 e. The molecule has 3 rings (SSSR count). The molecule has 176 valence electrons. The number of carbonyl (C=O) groups is 2. The van der Waals surface area contributed by atoms with Crippen molar-refractivity contribution >= 4 is 29.4 Å². The number of amides is 2. The fourth-order valence-corrected chi connectivity index (χ4v) is 5.04. The first-order chi connectivity index (χ1) is 16.3. The number of benzene rings is 1. The number of nitrogens with two attached hydrogens (primary N) is 2. The van der Waals surface area contributed by atoms with Crippen molar-refractivity contribution in [3.8, 4) is 12.1 Å². The average molecular weight is 478 g/mol. The molecular weight excluding hydrogens is 450 g/mol. The van der Waals surface area contributed by atoms with Gasteiger partial charge in [-0.25, -0.2) is 4.98 Å². The van der Waals surface area contributed by atoms with Crippen LogP contribution in [0.3, 0.4) is 0 Å². The lowest BCUT2D eigenvalue weighted by Crippen LogP contribution is -2.30. The number of anilines is 1. The van der Waals surface area contributed by atoms with Gasteiger partial charge in [0.25, 0.3) is 0 Å². The second kappa shape index (κ2) is 11.0. The molecule has 34 heavy (non-hydrogen) atoms. The Morgan fingerprint density at radius 3 is 2.32 bits per heavy atom. The highest BCUT2D eigenvalue weighted by molar-refractivity contribution is 8.00. The summed E-state index contributed by atoms with van der Waals surface area (Å²) < 4.78 is 0. The summed E-state index contributed by atoms with van der Waals surface area (Å²) >= 11 is 1.08. The number of hydrogen-bond donors (Lipinski definition) is 2. The number of likely N-dealkylation sites (N-methyl/N-ethyl adjacent to an activating group) is 1. The molecule has 9 nitrogen and oxygen atoms in total. The summed E-state index contributed by atoms with van der Waals surface area (Å²) in [5.74, 6) is -0.651. The molecule has 10 heteroatoms. The minimum atomic E-state index is -0.845. The van der Waals surface area contributed by atoms with E-state index < -0.39 is 17.1 Å². The van der Waals surface area contributed by atoms with E-state index in [0.717, 1.165) is 37.8 Å². The van der Waals surface area contributed by atoms with Crippen LogP contribution in [0.25, 0.3) is 0 Å². The smallest absolute Gasteiger partial charge is 0.248 e. The molecular formula is C24H27N7O2S. The highest BCUT2D eigenvalue weighted by Crippen LogP contribution is 2.39. The molecule has 1 atom stereocenters. The van der Waals surface area contributed by atoms with E-state index in [0.29, 0.717) is 46.1 Å². The van der Waals surface area contributed by atoms with Crippen LogP contribution in [0.15, 0.2) is 29.3 Å². The Morgan fingerprint density at radius 1 is 1.09 bits per heavy atom.